The summed E-state index contributed by atoms with van der Waals surface area (Å²) in [5.41, 5.74) is 2.42. The Kier molecular flexibility index (Phi) is 4.17. The molecule has 0 unspecified atom stereocenters. The van der Waals surface area contributed by atoms with E-state index < -0.39 is 0 Å². The topological polar surface area (TPSA) is 21.3 Å². The summed E-state index contributed by atoms with van der Waals surface area (Å²) >= 11 is 0. The van der Waals surface area contributed by atoms with Crippen LogP contribution in [0.3, 0.4) is 0 Å². The van der Waals surface area contributed by atoms with Crippen LogP contribution in [0.25, 0.3) is 0 Å². The molecule has 0 amide bonds. The molecule has 2 aromatic rings. The van der Waals surface area contributed by atoms with Gasteiger partial charge >= 0.3 is 0 Å². The maximum atomic E-state index is 5.11. The van der Waals surface area contributed by atoms with Crippen LogP contribution in [0.15, 0.2) is 54.6 Å². The minimum absolute atomic E-state index is 0.818. The van der Waals surface area contributed by atoms with E-state index in [1.165, 1.54) is 11.1 Å². The molecule has 2 nitrogen and oxygen atoms in total. The molecule has 2 heteroatoms. The number of nitrogens with one attached hydrogen (secondary N) is 1. The third-order valence-electron chi connectivity index (χ3n) is 2.53. The van der Waals surface area contributed by atoms with Crippen LogP contribution in [0.1, 0.15) is 11.1 Å². The van der Waals surface area contributed by atoms with Crippen LogP contribution in [0.5, 0.6) is 5.75 Å². The molecule has 1 radical (unpaired) electrons. The van der Waals surface area contributed by atoms with Crippen LogP contribution in [-0.2, 0) is 6.54 Å². The maximum Gasteiger partial charge on any atom is 0.118 e. The van der Waals surface area contributed by atoms with Gasteiger partial charge in [0, 0.05) is 6.54 Å². The van der Waals surface area contributed by atoms with Gasteiger partial charge in [-0.2, -0.15) is 0 Å². The van der Waals surface area contributed by atoms with Gasteiger partial charge in [0.05, 0.1) is 13.7 Å². The van der Waals surface area contributed by atoms with E-state index in [2.05, 4.69) is 29.6 Å². The van der Waals surface area contributed by atoms with Gasteiger partial charge in [-0.15, -0.1) is 0 Å². The van der Waals surface area contributed by atoms with Crippen LogP contribution in [-0.4, -0.2) is 7.11 Å². The number of hydrogen-bond acceptors (Lipinski definition) is 2. The summed E-state index contributed by atoms with van der Waals surface area (Å²) in [6.45, 7) is 2.84. The molecule has 0 bridgehead atoms. The van der Waals surface area contributed by atoms with Crippen LogP contribution in [0.2, 0.25) is 0 Å². The average Bonchev–Trinajstić information content (AvgIpc) is 2.41. The normalized spacial score (nSPS) is 10.2. The Bertz CT molecular complexity index is 436. The zero-order chi connectivity index (χ0) is 11.9. The molecule has 0 aliphatic heterocycles. The van der Waals surface area contributed by atoms with E-state index >= 15 is 0 Å². The SMILES string of the molecule is COc1ccc(CN[CH]c2ccccc2)cc1. The molecule has 2 rings (SSSR count). The molecule has 87 valence electrons. The second-order valence-corrected chi connectivity index (χ2v) is 3.78. The van der Waals surface area contributed by atoms with Crippen LogP contribution in [0, 0.1) is 6.54 Å². The fourth-order valence-corrected chi connectivity index (χ4v) is 1.58. The van der Waals surface area contributed by atoms with E-state index in [1.54, 1.807) is 7.11 Å². The summed E-state index contributed by atoms with van der Waals surface area (Å²) in [5, 5.41) is 3.29. The molecule has 0 saturated heterocycles. The predicted octanol–water partition coefficient (Wildman–Crippen LogP) is 2.99. The lowest BCUT2D eigenvalue weighted by Gasteiger charge is -2.05. The molecule has 0 aliphatic carbocycles. The second-order valence-electron chi connectivity index (χ2n) is 3.78. The van der Waals surface area contributed by atoms with Crippen molar-refractivity contribution < 1.29 is 4.74 Å². The second kappa shape index (κ2) is 6.06. The van der Waals surface area contributed by atoms with Crippen LogP contribution in [0.4, 0.5) is 0 Å². The first-order chi connectivity index (χ1) is 8.38. The Morgan fingerprint density at radius 2 is 1.71 bits per heavy atom. The smallest absolute Gasteiger partial charge is 0.118 e. The Labute approximate surface area is 102 Å². The van der Waals surface area contributed by atoms with Crippen molar-refractivity contribution in [3.63, 3.8) is 0 Å². The van der Waals surface area contributed by atoms with Crippen molar-refractivity contribution in [1.82, 2.24) is 5.32 Å². The first kappa shape index (κ1) is 11.7. The van der Waals surface area contributed by atoms with Crippen LogP contribution < -0.4 is 10.1 Å². The fourth-order valence-electron chi connectivity index (χ4n) is 1.58. The lowest BCUT2D eigenvalue weighted by Crippen LogP contribution is -2.10. The lowest BCUT2D eigenvalue weighted by atomic mass is 10.2. The molecule has 0 aliphatic rings. The van der Waals surface area contributed by atoms with E-state index in [9.17, 15) is 0 Å². The Hall–Kier alpha value is -1.80. The Morgan fingerprint density at radius 3 is 2.35 bits per heavy atom. The van der Waals surface area contributed by atoms with Gasteiger partial charge in [0.25, 0.3) is 0 Å². The summed E-state index contributed by atoms with van der Waals surface area (Å²) in [7, 11) is 1.68. The van der Waals surface area contributed by atoms with Crippen molar-refractivity contribution >= 4 is 0 Å². The van der Waals surface area contributed by atoms with E-state index in [0.29, 0.717) is 0 Å². The molecular formula is C15H16NO. The van der Waals surface area contributed by atoms with Crippen molar-refractivity contribution in [3.8, 4) is 5.75 Å². The molecule has 17 heavy (non-hydrogen) atoms. The maximum absolute atomic E-state index is 5.11. The van der Waals surface area contributed by atoms with Crippen molar-refractivity contribution in [3.05, 3.63) is 72.3 Å². The zero-order valence-corrected chi connectivity index (χ0v) is 9.89. The summed E-state index contributed by atoms with van der Waals surface area (Å²) in [6, 6.07) is 18.3. The summed E-state index contributed by atoms with van der Waals surface area (Å²) < 4.78 is 5.11. The van der Waals surface area contributed by atoms with Gasteiger partial charge in [-0.05, 0) is 23.3 Å². The summed E-state index contributed by atoms with van der Waals surface area (Å²) in [6.07, 6.45) is 0. The molecule has 0 heterocycles. The minimum Gasteiger partial charge on any atom is -0.497 e. The standard InChI is InChI=1S/C15H16NO/c1-17-15-9-7-14(8-10-15)12-16-11-13-5-3-2-4-6-13/h2-11,16H,12H2,1H3. The average molecular weight is 226 g/mol. The predicted molar refractivity (Wildman–Crippen MR) is 69.7 cm³/mol. The Balaban J connectivity index is 1.82. The highest BCUT2D eigenvalue weighted by Crippen LogP contribution is 2.11. The van der Waals surface area contributed by atoms with E-state index in [1.807, 2.05) is 36.9 Å². The number of ether oxygens (including phenoxy) is 1. The van der Waals surface area contributed by atoms with Crippen molar-refractivity contribution in [2.75, 3.05) is 7.11 Å². The molecule has 1 N–H and O–H groups in total. The van der Waals surface area contributed by atoms with Gasteiger partial charge in [-0.1, -0.05) is 42.5 Å². The van der Waals surface area contributed by atoms with E-state index in [0.717, 1.165) is 12.3 Å². The first-order valence-electron chi connectivity index (χ1n) is 5.63. The highest BCUT2D eigenvalue weighted by Gasteiger charge is 1.95. The van der Waals surface area contributed by atoms with Gasteiger partial charge in [0.1, 0.15) is 5.75 Å². The number of methoxy groups -OCH3 is 1. The highest BCUT2D eigenvalue weighted by atomic mass is 16.5. The van der Waals surface area contributed by atoms with Gasteiger partial charge in [0.15, 0.2) is 0 Å². The van der Waals surface area contributed by atoms with Gasteiger partial charge < -0.3 is 10.1 Å². The molecule has 0 fully saturated rings. The molecule has 0 aromatic heterocycles. The number of rotatable bonds is 5. The Morgan fingerprint density at radius 1 is 1.00 bits per heavy atom. The van der Waals surface area contributed by atoms with Crippen molar-refractivity contribution in [1.29, 1.82) is 0 Å². The van der Waals surface area contributed by atoms with Crippen molar-refractivity contribution in [2.45, 2.75) is 6.54 Å². The molecule has 0 spiro atoms. The molecule has 2 aromatic carbocycles. The van der Waals surface area contributed by atoms with Crippen LogP contribution >= 0.6 is 0 Å². The third-order valence-corrected chi connectivity index (χ3v) is 2.53. The number of benzene rings is 2. The fraction of sp³-hybridized carbons (Fsp3) is 0.133. The first-order valence-corrected chi connectivity index (χ1v) is 5.63. The van der Waals surface area contributed by atoms with E-state index in [-0.39, 0.29) is 0 Å². The molecule has 0 atom stereocenters. The highest BCUT2D eigenvalue weighted by molar-refractivity contribution is 5.27. The van der Waals surface area contributed by atoms with Gasteiger partial charge in [-0.3, -0.25) is 0 Å². The minimum atomic E-state index is 0.818. The molecular weight excluding hydrogens is 210 g/mol. The zero-order valence-electron chi connectivity index (χ0n) is 9.89. The lowest BCUT2D eigenvalue weighted by molar-refractivity contribution is 0.414. The van der Waals surface area contributed by atoms with Gasteiger partial charge in [-0.25, -0.2) is 0 Å². The summed E-state index contributed by atoms with van der Waals surface area (Å²) in [5.74, 6) is 0.890. The van der Waals surface area contributed by atoms with E-state index in [4.69, 9.17) is 4.74 Å². The third kappa shape index (κ3) is 3.61. The van der Waals surface area contributed by atoms with Gasteiger partial charge in [0.2, 0.25) is 0 Å². The summed E-state index contributed by atoms with van der Waals surface area (Å²) in [4.78, 5) is 0. The number of hydrogen-bond donors (Lipinski definition) is 1. The molecule has 0 saturated carbocycles. The van der Waals surface area contributed by atoms with Crippen molar-refractivity contribution in [2.24, 2.45) is 0 Å². The quantitative estimate of drug-likeness (QED) is 0.846. The largest absolute Gasteiger partial charge is 0.497 e. The monoisotopic (exact) mass is 226 g/mol.